The number of rotatable bonds is 2. The molecule has 100 valence electrons. The number of nitrogens with one attached hydrogen (secondary N) is 1. The fourth-order valence-electron chi connectivity index (χ4n) is 1.51. The highest BCUT2D eigenvalue weighted by atomic mass is 19.1. The van der Waals surface area contributed by atoms with Crippen molar-refractivity contribution in [1.29, 1.82) is 0 Å². The Labute approximate surface area is 109 Å². The first-order valence-electron chi connectivity index (χ1n) is 5.56. The molecule has 6 heteroatoms. The molecule has 0 saturated carbocycles. The van der Waals surface area contributed by atoms with Gasteiger partial charge in [-0.1, -0.05) is 6.07 Å². The molecule has 1 saturated heterocycles. The van der Waals surface area contributed by atoms with Crippen LogP contribution in [0, 0.1) is 5.82 Å². The third kappa shape index (κ3) is 3.09. The lowest BCUT2D eigenvalue weighted by atomic mass is 10.2. The number of halogens is 1. The van der Waals surface area contributed by atoms with Crippen molar-refractivity contribution in [3.8, 4) is 0 Å². The topological polar surface area (TPSA) is 64.6 Å². The van der Waals surface area contributed by atoms with Crippen LogP contribution in [0.25, 0.3) is 0 Å². The zero-order valence-electron chi connectivity index (χ0n) is 10.4. The number of hydrogen-bond acceptors (Lipinski definition) is 5. The molecule has 0 bridgehead atoms. The maximum Gasteiger partial charge on any atom is 0.350 e. The molecule has 0 radical (unpaired) electrons. The van der Waals surface area contributed by atoms with E-state index in [0.717, 1.165) is 6.20 Å². The molecule has 1 N–H and O–H groups in total. The molecule has 1 aromatic carbocycles. The molecule has 0 unspecified atom stereocenters. The molecular weight excluding hydrogens is 253 g/mol. The Morgan fingerprint density at radius 1 is 1.21 bits per heavy atom. The highest BCUT2D eigenvalue weighted by Gasteiger charge is 2.38. The minimum Gasteiger partial charge on any atom is -0.419 e. The van der Waals surface area contributed by atoms with Gasteiger partial charge in [0.25, 0.3) is 5.79 Å². The van der Waals surface area contributed by atoms with E-state index in [0.29, 0.717) is 5.69 Å². The smallest absolute Gasteiger partial charge is 0.350 e. The van der Waals surface area contributed by atoms with Crippen LogP contribution >= 0.6 is 0 Å². The fraction of sp³-hybridized carbons (Fsp3) is 0.231. The molecular formula is C13H12FNO4. The number of ether oxygens (including phenoxy) is 2. The normalized spacial score (nSPS) is 17.5. The zero-order valence-corrected chi connectivity index (χ0v) is 10.4. The second-order valence-electron chi connectivity index (χ2n) is 4.39. The highest BCUT2D eigenvalue weighted by Crippen LogP contribution is 2.22. The molecule has 0 aliphatic carbocycles. The van der Waals surface area contributed by atoms with Crippen LogP contribution < -0.4 is 5.32 Å². The number of hydrogen-bond donors (Lipinski definition) is 1. The first-order valence-corrected chi connectivity index (χ1v) is 5.56. The number of carbonyl (C=O) groups is 2. The largest absolute Gasteiger partial charge is 0.419 e. The van der Waals surface area contributed by atoms with Gasteiger partial charge in [0.1, 0.15) is 5.82 Å². The first kappa shape index (κ1) is 13.1. The highest BCUT2D eigenvalue weighted by molar-refractivity contribution is 6.15. The predicted molar refractivity (Wildman–Crippen MR) is 64.4 cm³/mol. The van der Waals surface area contributed by atoms with Crippen LogP contribution in [0.2, 0.25) is 0 Å². The van der Waals surface area contributed by atoms with Crippen LogP contribution in [0.4, 0.5) is 10.1 Å². The Morgan fingerprint density at radius 2 is 1.84 bits per heavy atom. The van der Waals surface area contributed by atoms with Crippen molar-refractivity contribution in [3.05, 3.63) is 41.9 Å². The van der Waals surface area contributed by atoms with E-state index < -0.39 is 23.5 Å². The average Bonchev–Trinajstić information content (AvgIpc) is 2.26. The summed E-state index contributed by atoms with van der Waals surface area (Å²) in [6, 6.07) is 5.59. The van der Waals surface area contributed by atoms with Gasteiger partial charge < -0.3 is 14.8 Å². The summed E-state index contributed by atoms with van der Waals surface area (Å²) in [5.74, 6) is -3.28. The van der Waals surface area contributed by atoms with Gasteiger partial charge in [0.2, 0.25) is 0 Å². The first-order chi connectivity index (χ1) is 8.87. The SMILES string of the molecule is CC1(C)OC(=O)C(=CNc2cccc(F)c2)C(=O)O1. The van der Waals surface area contributed by atoms with E-state index in [1.54, 1.807) is 6.07 Å². The summed E-state index contributed by atoms with van der Waals surface area (Å²) in [5, 5.41) is 2.64. The number of carbonyl (C=O) groups excluding carboxylic acids is 2. The molecule has 1 aliphatic rings. The van der Waals surface area contributed by atoms with Gasteiger partial charge in [-0.05, 0) is 18.2 Å². The molecule has 19 heavy (non-hydrogen) atoms. The quantitative estimate of drug-likeness (QED) is 0.503. The number of cyclic esters (lactones) is 2. The zero-order chi connectivity index (χ0) is 14.0. The van der Waals surface area contributed by atoms with Gasteiger partial charge in [0, 0.05) is 25.7 Å². The Morgan fingerprint density at radius 3 is 2.42 bits per heavy atom. The van der Waals surface area contributed by atoms with Crippen LogP contribution in [-0.4, -0.2) is 17.7 Å². The van der Waals surface area contributed by atoms with E-state index in [1.807, 2.05) is 0 Å². The summed E-state index contributed by atoms with van der Waals surface area (Å²) in [5.41, 5.74) is 0.126. The molecule has 1 aliphatic heterocycles. The van der Waals surface area contributed by atoms with E-state index in [2.05, 4.69) is 5.32 Å². The molecule has 1 aromatic rings. The maximum absolute atomic E-state index is 12.9. The summed E-state index contributed by atoms with van der Waals surface area (Å²) in [6.07, 6.45) is 1.13. The minimum absolute atomic E-state index is 0.274. The molecule has 5 nitrogen and oxygen atoms in total. The molecule has 0 aromatic heterocycles. The third-order valence-electron chi connectivity index (χ3n) is 2.32. The molecule has 2 rings (SSSR count). The lowest BCUT2D eigenvalue weighted by Crippen LogP contribution is -2.42. The van der Waals surface area contributed by atoms with E-state index in [9.17, 15) is 14.0 Å². The average molecular weight is 265 g/mol. The van der Waals surface area contributed by atoms with Crippen molar-refractivity contribution in [1.82, 2.24) is 0 Å². The van der Waals surface area contributed by atoms with E-state index >= 15 is 0 Å². The number of anilines is 1. The second-order valence-corrected chi connectivity index (χ2v) is 4.39. The lowest BCUT2D eigenvalue weighted by Gasteiger charge is -2.29. The van der Waals surface area contributed by atoms with E-state index in [-0.39, 0.29) is 5.57 Å². The number of esters is 2. The van der Waals surface area contributed by atoms with Crippen molar-refractivity contribution in [2.45, 2.75) is 19.6 Å². The number of benzene rings is 1. The summed E-state index contributed by atoms with van der Waals surface area (Å²) in [4.78, 5) is 23.2. The Hall–Kier alpha value is -2.37. The molecule has 1 heterocycles. The van der Waals surface area contributed by atoms with Crippen LogP contribution in [0.3, 0.4) is 0 Å². The summed E-state index contributed by atoms with van der Waals surface area (Å²) in [7, 11) is 0. The summed E-state index contributed by atoms with van der Waals surface area (Å²) < 4.78 is 22.8. The summed E-state index contributed by atoms with van der Waals surface area (Å²) in [6.45, 7) is 2.92. The molecule has 0 amide bonds. The van der Waals surface area contributed by atoms with Gasteiger partial charge in [0.15, 0.2) is 5.57 Å². The third-order valence-corrected chi connectivity index (χ3v) is 2.32. The maximum atomic E-state index is 12.9. The lowest BCUT2D eigenvalue weighted by molar-refractivity contribution is -0.222. The molecule has 0 atom stereocenters. The van der Waals surface area contributed by atoms with E-state index in [4.69, 9.17) is 9.47 Å². The monoisotopic (exact) mass is 265 g/mol. The van der Waals surface area contributed by atoms with Crippen LogP contribution in [0.5, 0.6) is 0 Å². The van der Waals surface area contributed by atoms with Crippen molar-refractivity contribution in [3.63, 3.8) is 0 Å². The standard InChI is InChI=1S/C13H12FNO4/c1-13(2)18-11(16)10(12(17)19-13)7-15-9-5-3-4-8(14)6-9/h3-7,15H,1-2H3. The van der Waals surface area contributed by atoms with Crippen LogP contribution in [0.15, 0.2) is 36.0 Å². The van der Waals surface area contributed by atoms with Crippen molar-refractivity contribution < 1.29 is 23.5 Å². The second kappa shape index (κ2) is 4.72. The van der Waals surface area contributed by atoms with Gasteiger partial charge in [-0.15, -0.1) is 0 Å². The van der Waals surface area contributed by atoms with Gasteiger partial charge in [-0.25, -0.2) is 14.0 Å². The molecule has 1 fully saturated rings. The van der Waals surface area contributed by atoms with Gasteiger partial charge in [0.05, 0.1) is 0 Å². The minimum atomic E-state index is -1.27. The van der Waals surface area contributed by atoms with Crippen LogP contribution in [-0.2, 0) is 19.1 Å². The Balaban J connectivity index is 2.15. The van der Waals surface area contributed by atoms with Gasteiger partial charge >= 0.3 is 11.9 Å². The summed E-state index contributed by atoms with van der Waals surface area (Å²) >= 11 is 0. The Bertz CT molecular complexity index is 544. The van der Waals surface area contributed by atoms with Crippen molar-refractivity contribution in [2.24, 2.45) is 0 Å². The van der Waals surface area contributed by atoms with Gasteiger partial charge in [-0.2, -0.15) is 0 Å². The van der Waals surface area contributed by atoms with Crippen molar-refractivity contribution >= 4 is 17.6 Å². The Kier molecular flexibility index (Phi) is 3.25. The van der Waals surface area contributed by atoms with Crippen molar-refractivity contribution in [2.75, 3.05) is 5.32 Å². The molecule has 0 spiro atoms. The van der Waals surface area contributed by atoms with Crippen LogP contribution in [0.1, 0.15) is 13.8 Å². The predicted octanol–water partition coefficient (Wildman–Crippen LogP) is 1.96. The van der Waals surface area contributed by atoms with E-state index in [1.165, 1.54) is 32.0 Å². The van der Waals surface area contributed by atoms with Gasteiger partial charge in [-0.3, -0.25) is 0 Å². The fourth-order valence-corrected chi connectivity index (χ4v) is 1.51.